The fourth-order valence-corrected chi connectivity index (χ4v) is 0.675. The molecule has 0 aromatic carbocycles. The van der Waals surface area contributed by atoms with Crippen molar-refractivity contribution < 1.29 is 0 Å². The minimum atomic E-state index is 0.520. The van der Waals surface area contributed by atoms with E-state index in [2.05, 4.69) is 19.2 Å². The van der Waals surface area contributed by atoms with E-state index < -0.39 is 0 Å². The Bertz CT molecular complexity index is 81.0. The molecule has 2 N–H and O–H groups in total. The first-order valence-corrected chi connectivity index (χ1v) is 3.38. The van der Waals surface area contributed by atoms with Gasteiger partial charge in [0.25, 0.3) is 0 Å². The summed E-state index contributed by atoms with van der Waals surface area (Å²) in [7, 11) is 1.95. The molecule has 0 aliphatic heterocycles. The van der Waals surface area contributed by atoms with Gasteiger partial charge in [0.05, 0.1) is 0 Å². The van der Waals surface area contributed by atoms with Gasteiger partial charge in [-0.25, -0.2) is 0 Å². The molecule has 0 aliphatic carbocycles. The van der Waals surface area contributed by atoms with Crippen LogP contribution in [0.5, 0.6) is 0 Å². The van der Waals surface area contributed by atoms with Crippen LogP contribution in [-0.2, 0) is 0 Å². The molecule has 0 aromatic rings. The highest BCUT2D eigenvalue weighted by molar-refractivity contribution is 5.53. The smallest absolute Gasteiger partial charge is 0.00648 e. The zero-order chi connectivity index (χ0) is 7.28. The third-order valence-electron chi connectivity index (χ3n) is 1.80. The summed E-state index contributed by atoms with van der Waals surface area (Å²) in [4.78, 5) is 0. The average Bonchev–Trinajstić information content (AvgIpc) is 1.87. The van der Waals surface area contributed by atoms with Crippen LogP contribution in [0.2, 0.25) is 0 Å². The molecule has 2 atom stereocenters. The minimum absolute atomic E-state index is 0.520. The first-order chi connectivity index (χ1) is 4.22. The predicted molar refractivity (Wildman–Crippen MR) is 41.1 cm³/mol. The predicted octanol–water partition coefficient (Wildman–Crippen LogP) is 1.27. The van der Waals surface area contributed by atoms with Crippen molar-refractivity contribution in [1.82, 2.24) is 5.32 Å². The Kier molecular flexibility index (Phi) is 4.32. The molecule has 0 heterocycles. The van der Waals surface area contributed by atoms with Gasteiger partial charge in [-0.05, 0) is 32.5 Å². The van der Waals surface area contributed by atoms with E-state index >= 15 is 0 Å². The lowest BCUT2D eigenvalue weighted by Crippen LogP contribution is -2.28. The van der Waals surface area contributed by atoms with Crippen molar-refractivity contribution in [2.45, 2.75) is 26.3 Å². The highest BCUT2D eigenvalue weighted by Crippen LogP contribution is 2.04. The Balaban J connectivity index is 3.44. The number of hydrogen-bond donors (Lipinski definition) is 2. The van der Waals surface area contributed by atoms with Gasteiger partial charge in [0, 0.05) is 6.04 Å². The second-order valence-electron chi connectivity index (χ2n) is 2.49. The highest BCUT2D eigenvalue weighted by Gasteiger charge is 2.06. The average molecular weight is 128 g/mol. The van der Waals surface area contributed by atoms with Gasteiger partial charge in [-0.1, -0.05) is 6.92 Å². The van der Waals surface area contributed by atoms with Crippen LogP contribution in [-0.4, -0.2) is 19.3 Å². The van der Waals surface area contributed by atoms with Crippen LogP contribution in [0.1, 0.15) is 20.3 Å². The van der Waals surface area contributed by atoms with Crippen LogP contribution in [0.25, 0.3) is 0 Å². The van der Waals surface area contributed by atoms with Gasteiger partial charge >= 0.3 is 0 Å². The monoisotopic (exact) mass is 128 g/mol. The summed E-state index contributed by atoms with van der Waals surface area (Å²) in [6.45, 7) is 4.28. The van der Waals surface area contributed by atoms with Crippen molar-refractivity contribution in [3.8, 4) is 0 Å². The largest absolute Gasteiger partial charge is 0.317 e. The Morgan fingerprint density at radius 3 is 2.44 bits per heavy atom. The standard InChI is InChI=1S/C7H16N2/c1-6(4-5-8)7(2)9-3/h5-9H,4H2,1-3H3/t6?,7-/m0/s1. The molecule has 54 valence electrons. The lowest BCUT2D eigenvalue weighted by molar-refractivity contribution is 0.440. The Labute approximate surface area is 57.2 Å². The Morgan fingerprint density at radius 2 is 2.11 bits per heavy atom. The van der Waals surface area contributed by atoms with Gasteiger partial charge < -0.3 is 10.7 Å². The van der Waals surface area contributed by atoms with E-state index in [0.717, 1.165) is 6.42 Å². The zero-order valence-corrected chi connectivity index (χ0v) is 6.44. The van der Waals surface area contributed by atoms with E-state index in [1.165, 1.54) is 6.21 Å². The van der Waals surface area contributed by atoms with Crippen molar-refractivity contribution >= 4 is 6.21 Å². The molecule has 0 fully saturated rings. The van der Waals surface area contributed by atoms with Gasteiger partial charge in [0.2, 0.25) is 0 Å². The molecular formula is C7H16N2. The highest BCUT2D eigenvalue weighted by atomic mass is 14.9. The van der Waals surface area contributed by atoms with E-state index in [-0.39, 0.29) is 0 Å². The SMILES string of the molecule is CN[C@@H](C)C(C)CC=N. The molecule has 0 saturated heterocycles. The number of hydrogen-bond acceptors (Lipinski definition) is 2. The number of nitrogens with one attached hydrogen (secondary N) is 2. The van der Waals surface area contributed by atoms with E-state index in [1.54, 1.807) is 0 Å². The molecule has 0 radical (unpaired) electrons. The van der Waals surface area contributed by atoms with Gasteiger partial charge in [-0.2, -0.15) is 0 Å². The summed E-state index contributed by atoms with van der Waals surface area (Å²) in [6.07, 6.45) is 2.35. The first-order valence-electron chi connectivity index (χ1n) is 3.38. The maximum absolute atomic E-state index is 6.85. The molecule has 0 bridgehead atoms. The lowest BCUT2D eigenvalue weighted by atomic mass is 10.0. The number of rotatable bonds is 4. The van der Waals surface area contributed by atoms with Crippen LogP contribution >= 0.6 is 0 Å². The van der Waals surface area contributed by atoms with Crippen LogP contribution in [0, 0.1) is 11.3 Å². The van der Waals surface area contributed by atoms with E-state index in [4.69, 9.17) is 5.41 Å². The maximum atomic E-state index is 6.85. The molecule has 0 rings (SSSR count). The van der Waals surface area contributed by atoms with E-state index in [9.17, 15) is 0 Å². The Hall–Kier alpha value is -0.370. The topological polar surface area (TPSA) is 35.9 Å². The summed E-state index contributed by atoms with van der Waals surface area (Å²) in [5.74, 6) is 0.576. The van der Waals surface area contributed by atoms with Crippen molar-refractivity contribution in [2.24, 2.45) is 5.92 Å². The summed E-state index contributed by atoms with van der Waals surface area (Å²) in [5.41, 5.74) is 0. The van der Waals surface area contributed by atoms with Crippen LogP contribution in [0.15, 0.2) is 0 Å². The molecule has 2 heteroatoms. The fourth-order valence-electron chi connectivity index (χ4n) is 0.675. The lowest BCUT2D eigenvalue weighted by Gasteiger charge is -2.16. The summed E-state index contributed by atoms with van der Waals surface area (Å²) in [5, 5.41) is 9.99. The summed E-state index contributed by atoms with van der Waals surface area (Å²) < 4.78 is 0. The van der Waals surface area contributed by atoms with Crippen LogP contribution < -0.4 is 5.32 Å². The molecule has 0 aliphatic rings. The normalized spacial score (nSPS) is 16.8. The maximum Gasteiger partial charge on any atom is 0.00648 e. The molecule has 0 amide bonds. The van der Waals surface area contributed by atoms with Crippen molar-refractivity contribution in [3.63, 3.8) is 0 Å². The summed E-state index contributed by atoms with van der Waals surface area (Å²) >= 11 is 0. The molecule has 2 nitrogen and oxygen atoms in total. The molecule has 0 aromatic heterocycles. The fraction of sp³-hybridized carbons (Fsp3) is 0.857. The second-order valence-corrected chi connectivity index (χ2v) is 2.49. The van der Waals surface area contributed by atoms with Crippen molar-refractivity contribution in [3.05, 3.63) is 0 Å². The molecule has 0 saturated carbocycles. The second kappa shape index (κ2) is 4.50. The summed E-state index contributed by atoms with van der Waals surface area (Å²) in [6, 6.07) is 0.520. The Morgan fingerprint density at radius 1 is 1.56 bits per heavy atom. The third kappa shape index (κ3) is 3.25. The van der Waals surface area contributed by atoms with E-state index in [1.807, 2.05) is 7.05 Å². The van der Waals surface area contributed by atoms with Gasteiger partial charge in [0.15, 0.2) is 0 Å². The minimum Gasteiger partial charge on any atom is -0.317 e. The third-order valence-corrected chi connectivity index (χ3v) is 1.80. The molecular weight excluding hydrogens is 112 g/mol. The quantitative estimate of drug-likeness (QED) is 0.549. The molecule has 1 unspecified atom stereocenters. The van der Waals surface area contributed by atoms with E-state index in [0.29, 0.717) is 12.0 Å². The molecule has 9 heavy (non-hydrogen) atoms. The van der Waals surface area contributed by atoms with Gasteiger partial charge in [0.1, 0.15) is 0 Å². The van der Waals surface area contributed by atoms with Gasteiger partial charge in [-0.15, -0.1) is 0 Å². The van der Waals surface area contributed by atoms with Crippen molar-refractivity contribution in [2.75, 3.05) is 7.05 Å². The molecule has 0 spiro atoms. The zero-order valence-electron chi connectivity index (χ0n) is 6.44. The van der Waals surface area contributed by atoms with Crippen molar-refractivity contribution in [1.29, 1.82) is 5.41 Å². The van der Waals surface area contributed by atoms with Gasteiger partial charge in [-0.3, -0.25) is 0 Å². The van der Waals surface area contributed by atoms with Crippen LogP contribution in [0.4, 0.5) is 0 Å². The van der Waals surface area contributed by atoms with Crippen LogP contribution in [0.3, 0.4) is 0 Å². The first kappa shape index (κ1) is 8.63.